The molecular formula is C13H22N2O2S2. The van der Waals surface area contributed by atoms with Gasteiger partial charge in [0.25, 0.3) is 0 Å². The van der Waals surface area contributed by atoms with Gasteiger partial charge in [0.1, 0.15) is 0 Å². The second kappa shape index (κ2) is 6.63. The van der Waals surface area contributed by atoms with Gasteiger partial charge < -0.3 is 5.73 Å². The molecule has 0 saturated carbocycles. The summed E-state index contributed by atoms with van der Waals surface area (Å²) in [5.41, 5.74) is 7.67. The first-order valence-electron chi connectivity index (χ1n) is 6.13. The Balaban J connectivity index is 2.95. The van der Waals surface area contributed by atoms with Crippen LogP contribution in [0.25, 0.3) is 0 Å². The van der Waals surface area contributed by atoms with Gasteiger partial charge in [0.05, 0.1) is 4.90 Å². The molecule has 0 radical (unpaired) electrons. The Kier molecular flexibility index (Phi) is 5.70. The second-order valence-corrected chi connectivity index (χ2v) is 7.51. The van der Waals surface area contributed by atoms with E-state index in [0.29, 0.717) is 34.2 Å². The lowest BCUT2D eigenvalue weighted by molar-refractivity contribution is 0.561. The molecule has 0 aliphatic carbocycles. The van der Waals surface area contributed by atoms with Crippen molar-refractivity contribution in [1.29, 1.82) is 0 Å². The maximum atomic E-state index is 12.3. The highest BCUT2D eigenvalue weighted by atomic mass is 32.2. The van der Waals surface area contributed by atoms with E-state index in [1.165, 1.54) is 0 Å². The van der Waals surface area contributed by atoms with Crippen molar-refractivity contribution >= 4 is 27.5 Å². The van der Waals surface area contributed by atoms with Crippen molar-refractivity contribution in [3.05, 3.63) is 23.3 Å². The Morgan fingerprint density at radius 3 is 2.32 bits per heavy atom. The molecule has 1 aromatic carbocycles. The number of hydrogen-bond donors (Lipinski definition) is 2. The third-order valence-corrected chi connectivity index (χ3v) is 5.45. The molecule has 0 aromatic heterocycles. The summed E-state index contributed by atoms with van der Waals surface area (Å²) in [6, 6.07) is 3.37. The third kappa shape index (κ3) is 4.40. The molecule has 6 heteroatoms. The molecule has 1 unspecified atom stereocenters. The first kappa shape index (κ1) is 16.3. The molecule has 19 heavy (non-hydrogen) atoms. The fraction of sp³-hybridized carbons (Fsp3) is 0.538. The van der Waals surface area contributed by atoms with Gasteiger partial charge in [-0.1, -0.05) is 6.92 Å². The zero-order chi connectivity index (χ0) is 14.6. The summed E-state index contributed by atoms with van der Waals surface area (Å²) < 4.78 is 27.3. The standard InChI is InChI=1S/C13H22N2O2S2/c1-9(8-18-4)7-15-19(16,17)13-10(2)5-12(14)6-11(13)3/h5-6,9,15H,7-8,14H2,1-4H3. The predicted octanol–water partition coefficient (Wildman–Crippen LogP) is 2.16. The number of anilines is 1. The van der Waals surface area contributed by atoms with Crippen LogP contribution in [-0.4, -0.2) is 27.0 Å². The minimum absolute atomic E-state index is 0.305. The maximum Gasteiger partial charge on any atom is 0.241 e. The average Bonchev–Trinajstić information content (AvgIpc) is 2.25. The summed E-state index contributed by atoms with van der Waals surface area (Å²) in [4.78, 5) is 0.345. The van der Waals surface area contributed by atoms with E-state index >= 15 is 0 Å². The van der Waals surface area contributed by atoms with Crippen molar-refractivity contribution in [3.63, 3.8) is 0 Å². The van der Waals surface area contributed by atoms with Crippen LogP contribution in [0.5, 0.6) is 0 Å². The Bertz CT molecular complexity index is 519. The zero-order valence-electron chi connectivity index (χ0n) is 11.9. The number of nitrogens with one attached hydrogen (secondary N) is 1. The molecule has 1 rings (SSSR count). The van der Waals surface area contributed by atoms with Gasteiger partial charge in [-0.25, -0.2) is 13.1 Å². The van der Waals surface area contributed by atoms with E-state index < -0.39 is 10.0 Å². The molecule has 3 N–H and O–H groups in total. The first-order valence-corrected chi connectivity index (χ1v) is 9.01. The van der Waals surface area contributed by atoms with Gasteiger partial charge in [-0.05, 0) is 55.0 Å². The fourth-order valence-electron chi connectivity index (χ4n) is 2.08. The molecule has 0 spiro atoms. The van der Waals surface area contributed by atoms with Gasteiger partial charge in [0.15, 0.2) is 0 Å². The lowest BCUT2D eigenvalue weighted by Gasteiger charge is -2.15. The topological polar surface area (TPSA) is 72.2 Å². The van der Waals surface area contributed by atoms with Crippen molar-refractivity contribution in [2.75, 3.05) is 24.3 Å². The van der Waals surface area contributed by atoms with E-state index in [1.54, 1.807) is 37.7 Å². The van der Waals surface area contributed by atoms with Crippen molar-refractivity contribution in [2.45, 2.75) is 25.7 Å². The molecule has 1 atom stereocenters. The number of aryl methyl sites for hydroxylation is 2. The Hall–Kier alpha value is -0.720. The number of hydrogen-bond acceptors (Lipinski definition) is 4. The van der Waals surface area contributed by atoms with E-state index in [2.05, 4.69) is 4.72 Å². The molecule has 0 heterocycles. The van der Waals surface area contributed by atoms with E-state index in [-0.39, 0.29) is 0 Å². The number of thioether (sulfide) groups is 1. The molecule has 0 fully saturated rings. The van der Waals surface area contributed by atoms with E-state index in [1.807, 2.05) is 13.2 Å². The Morgan fingerprint density at radius 2 is 1.84 bits per heavy atom. The number of sulfonamides is 1. The highest BCUT2D eigenvalue weighted by Crippen LogP contribution is 2.23. The normalized spacial score (nSPS) is 13.5. The molecule has 4 nitrogen and oxygen atoms in total. The van der Waals surface area contributed by atoms with Crippen molar-refractivity contribution in [2.24, 2.45) is 5.92 Å². The van der Waals surface area contributed by atoms with Crippen LogP contribution >= 0.6 is 11.8 Å². The van der Waals surface area contributed by atoms with Crippen LogP contribution in [0.2, 0.25) is 0 Å². The quantitative estimate of drug-likeness (QED) is 0.790. The highest BCUT2D eigenvalue weighted by molar-refractivity contribution is 7.98. The average molecular weight is 302 g/mol. The van der Waals surface area contributed by atoms with Crippen LogP contribution in [0.15, 0.2) is 17.0 Å². The molecule has 0 aliphatic heterocycles. The summed E-state index contributed by atoms with van der Waals surface area (Å²) in [6.07, 6.45) is 2.01. The molecule has 1 aromatic rings. The van der Waals surface area contributed by atoms with Gasteiger partial charge in [-0.15, -0.1) is 0 Å². The van der Waals surface area contributed by atoms with E-state index in [4.69, 9.17) is 5.73 Å². The molecule has 0 saturated heterocycles. The molecular weight excluding hydrogens is 280 g/mol. The Labute approximate surface area is 120 Å². The number of rotatable bonds is 6. The largest absolute Gasteiger partial charge is 0.399 e. The summed E-state index contributed by atoms with van der Waals surface area (Å²) in [6.45, 7) is 6.01. The fourth-order valence-corrected chi connectivity index (χ4v) is 4.38. The second-order valence-electron chi connectivity index (χ2n) is 4.90. The molecule has 0 aliphatic rings. The summed E-state index contributed by atoms with van der Waals surface area (Å²) in [5, 5.41) is 0. The van der Waals surface area contributed by atoms with Crippen molar-refractivity contribution < 1.29 is 8.42 Å². The van der Waals surface area contributed by atoms with Crippen molar-refractivity contribution in [1.82, 2.24) is 4.72 Å². The van der Waals surface area contributed by atoms with Crippen LogP contribution in [0.3, 0.4) is 0 Å². The van der Waals surface area contributed by atoms with Gasteiger partial charge in [-0.3, -0.25) is 0 Å². The predicted molar refractivity (Wildman–Crippen MR) is 83.1 cm³/mol. The lowest BCUT2D eigenvalue weighted by Crippen LogP contribution is -2.30. The first-order chi connectivity index (χ1) is 8.77. The van der Waals surface area contributed by atoms with Crippen molar-refractivity contribution in [3.8, 4) is 0 Å². The van der Waals surface area contributed by atoms with E-state index in [9.17, 15) is 8.42 Å². The van der Waals surface area contributed by atoms with Crippen LogP contribution in [0, 0.1) is 19.8 Å². The summed E-state index contributed by atoms with van der Waals surface area (Å²) in [5.74, 6) is 1.24. The van der Waals surface area contributed by atoms with Crippen LogP contribution in [-0.2, 0) is 10.0 Å². The van der Waals surface area contributed by atoms with E-state index in [0.717, 1.165) is 5.75 Å². The van der Waals surface area contributed by atoms with Gasteiger partial charge in [0.2, 0.25) is 10.0 Å². The van der Waals surface area contributed by atoms with Crippen LogP contribution < -0.4 is 10.5 Å². The number of benzene rings is 1. The smallest absolute Gasteiger partial charge is 0.241 e. The van der Waals surface area contributed by atoms with Crippen LogP contribution in [0.4, 0.5) is 5.69 Å². The molecule has 108 valence electrons. The minimum atomic E-state index is -3.47. The maximum absolute atomic E-state index is 12.3. The number of nitrogens with two attached hydrogens (primary N) is 1. The zero-order valence-corrected chi connectivity index (χ0v) is 13.5. The summed E-state index contributed by atoms with van der Waals surface area (Å²) >= 11 is 1.71. The van der Waals surface area contributed by atoms with Gasteiger partial charge in [0, 0.05) is 12.2 Å². The van der Waals surface area contributed by atoms with Gasteiger partial charge >= 0.3 is 0 Å². The molecule has 0 amide bonds. The minimum Gasteiger partial charge on any atom is -0.399 e. The van der Waals surface area contributed by atoms with Crippen LogP contribution in [0.1, 0.15) is 18.1 Å². The highest BCUT2D eigenvalue weighted by Gasteiger charge is 2.20. The van der Waals surface area contributed by atoms with Gasteiger partial charge in [-0.2, -0.15) is 11.8 Å². The Morgan fingerprint density at radius 1 is 1.32 bits per heavy atom. The summed E-state index contributed by atoms with van der Waals surface area (Å²) in [7, 11) is -3.47. The SMILES string of the molecule is CSCC(C)CNS(=O)(=O)c1c(C)cc(N)cc1C. The third-order valence-electron chi connectivity index (χ3n) is 2.82. The number of nitrogen functional groups attached to an aromatic ring is 1. The monoisotopic (exact) mass is 302 g/mol. The lowest BCUT2D eigenvalue weighted by atomic mass is 10.1. The molecule has 0 bridgehead atoms.